The van der Waals surface area contributed by atoms with Gasteiger partial charge in [0.25, 0.3) is 0 Å². The largest absolute Gasteiger partial charge is 0.466 e. The normalized spacial score (nSPS) is 28.3. The number of carbonyl (C=O) groups is 2. The maximum atomic E-state index is 13.1. The summed E-state index contributed by atoms with van der Waals surface area (Å²) in [4.78, 5) is 30.1. The fourth-order valence-corrected chi connectivity index (χ4v) is 4.43. The van der Waals surface area contributed by atoms with Crippen LogP contribution in [0.4, 0.5) is 4.79 Å². The molecule has 4 rings (SSSR count). The number of methoxy groups -OCH3 is 1. The molecule has 3 unspecified atom stereocenters. The summed E-state index contributed by atoms with van der Waals surface area (Å²) in [5.41, 5.74) is 2.16. The van der Waals surface area contributed by atoms with Gasteiger partial charge in [0.15, 0.2) is 0 Å². The summed E-state index contributed by atoms with van der Waals surface area (Å²) in [6.45, 7) is 6.15. The molecule has 1 saturated carbocycles. The predicted octanol–water partition coefficient (Wildman–Crippen LogP) is 2.45. The van der Waals surface area contributed by atoms with Gasteiger partial charge < -0.3 is 14.8 Å². The fraction of sp³-hybridized carbons (Fsp3) is 0.545. The van der Waals surface area contributed by atoms with Crippen LogP contribution in [0.15, 0.2) is 41.6 Å². The smallest absolute Gasteiger partial charge is 0.338 e. The number of morpholine rings is 1. The van der Waals surface area contributed by atoms with Gasteiger partial charge >= 0.3 is 12.0 Å². The fourth-order valence-electron chi connectivity index (χ4n) is 4.43. The van der Waals surface area contributed by atoms with Crippen LogP contribution in [-0.2, 0) is 14.3 Å². The van der Waals surface area contributed by atoms with Crippen LogP contribution in [-0.4, -0.2) is 66.8 Å². The Morgan fingerprint density at radius 3 is 2.41 bits per heavy atom. The van der Waals surface area contributed by atoms with Crippen molar-refractivity contribution in [3.8, 4) is 0 Å². The molecule has 1 aromatic rings. The van der Waals surface area contributed by atoms with Crippen LogP contribution in [0.3, 0.4) is 0 Å². The first kappa shape index (κ1) is 19.9. The van der Waals surface area contributed by atoms with E-state index in [1.54, 1.807) is 4.90 Å². The molecule has 3 aliphatic rings. The molecule has 0 radical (unpaired) electrons. The molecule has 1 aromatic carbocycles. The van der Waals surface area contributed by atoms with E-state index >= 15 is 0 Å². The lowest BCUT2D eigenvalue weighted by atomic mass is 9.94. The first-order valence-electron chi connectivity index (χ1n) is 10.3. The zero-order valence-corrected chi connectivity index (χ0v) is 17.3. The quantitative estimate of drug-likeness (QED) is 0.770. The maximum absolute atomic E-state index is 13.1. The van der Waals surface area contributed by atoms with E-state index in [1.165, 1.54) is 7.11 Å². The van der Waals surface area contributed by atoms with Crippen LogP contribution in [0.25, 0.3) is 0 Å². The Kier molecular flexibility index (Phi) is 5.61. The highest BCUT2D eigenvalue weighted by Crippen LogP contribution is 2.38. The molecule has 1 aliphatic carbocycles. The van der Waals surface area contributed by atoms with Crippen LogP contribution >= 0.6 is 0 Å². The van der Waals surface area contributed by atoms with Gasteiger partial charge in [-0.3, -0.25) is 9.80 Å². The summed E-state index contributed by atoms with van der Waals surface area (Å²) >= 11 is 0. The number of rotatable bonds is 5. The van der Waals surface area contributed by atoms with E-state index in [4.69, 9.17) is 9.47 Å². The standard InChI is InChI=1S/C22H29N3O4/c1-14-11-24(12-15(2)29-14)13-18-19(21(26)28-3)20(16-7-5-4-6-8-16)23-22(27)25(18)17-9-10-17/h4-8,14-15,17,20H,9-13H2,1-3H3,(H,23,27). The Bertz CT molecular complexity index is 796. The highest BCUT2D eigenvalue weighted by molar-refractivity contribution is 5.95. The lowest BCUT2D eigenvalue weighted by Crippen LogP contribution is -2.53. The molecule has 0 aromatic heterocycles. The molecule has 1 saturated heterocycles. The van der Waals surface area contributed by atoms with Crippen LogP contribution in [0.1, 0.15) is 38.3 Å². The van der Waals surface area contributed by atoms with E-state index in [2.05, 4.69) is 24.1 Å². The van der Waals surface area contributed by atoms with Crippen LogP contribution in [0.5, 0.6) is 0 Å². The van der Waals surface area contributed by atoms with Gasteiger partial charge in [-0.25, -0.2) is 9.59 Å². The monoisotopic (exact) mass is 399 g/mol. The lowest BCUT2D eigenvalue weighted by Gasteiger charge is -2.41. The van der Waals surface area contributed by atoms with Crippen molar-refractivity contribution in [1.29, 1.82) is 0 Å². The van der Waals surface area contributed by atoms with Crippen molar-refractivity contribution >= 4 is 12.0 Å². The Balaban J connectivity index is 1.77. The molecule has 7 nitrogen and oxygen atoms in total. The molecule has 3 atom stereocenters. The molecule has 29 heavy (non-hydrogen) atoms. The third-order valence-electron chi connectivity index (χ3n) is 5.70. The average Bonchev–Trinajstić information content (AvgIpc) is 3.52. The van der Waals surface area contributed by atoms with E-state index in [0.717, 1.165) is 37.2 Å². The van der Waals surface area contributed by atoms with E-state index in [-0.39, 0.29) is 24.3 Å². The van der Waals surface area contributed by atoms with Gasteiger partial charge in [-0.15, -0.1) is 0 Å². The molecule has 0 spiro atoms. The molecular weight excluding hydrogens is 370 g/mol. The van der Waals surface area contributed by atoms with Gasteiger partial charge in [0, 0.05) is 31.4 Å². The molecule has 156 valence electrons. The molecule has 2 heterocycles. The highest BCUT2D eigenvalue weighted by Gasteiger charge is 2.44. The molecule has 2 fully saturated rings. The van der Waals surface area contributed by atoms with E-state index in [1.807, 2.05) is 30.3 Å². The van der Waals surface area contributed by atoms with Gasteiger partial charge in [-0.2, -0.15) is 0 Å². The summed E-state index contributed by atoms with van der Waals surface area (Å²) in [6.07, 6.45) is 2.13. The van der Waals surface area contributed by atoms with Crippen molar-refractivity contribution in [2.75, 3.05) is 26.7 Å². The molecule has 7 heteroatoms. The predicted molar refractivity (Wildman–Crippen MR) is 108 cm³/mol. The first-order chi connectivity index (χ1) is 14.0. The van der Waals surface area contributed by atoms with Gasteiger partial charge in [-0.05, 0) is 32.3 Å². The second-order valence-corrected chi connectivity index (χ2v) is 8.20. The van der Waals surface area contributed by atoms with E-state index < -0.39 is 12.0 Å². The number of hydrogen-bond acceptors (Lipinski definition) is 5. The summed E-state index contributed by atoms with van der Waals surface area (Å²) in [6, 6.07) is 9.09. The Hall–Kier alpha value is -2.38. The van der Waals surface area contributed by atoms with Gasteiger partial charge in [0.05, 0.1) is 30.9 Å². The summed E-state index contributed by atoms with van der Waals surface area (Å²) in [5, 5.41) is 3.04. The highest BCUT2D eigenvalue weighted by atomic mass is 16.5. The summed E-state index contributed by atoms with van der Waals surface area (Å²) < 4.78 is 11.0. The van der Waals surface area contributed by atoms with E-state index in [9.17, 15) is 9.59 Å². The SMILES string of the molecule is COC(=O)C1=C(CN2CC(C)OC(C)C2)N(C2CC2)C(=O)NC1c1ccccc1. The third-order valence-corrected chi connectivity index (χ3v) is 5.70. The summed E-state index contributed by atoms with van der Waals surface area (Å²) in [7, 11) is 1.39. The minimum absolute atomic E-state index is 0.109. The second kappa shape index (κ2) is 8.16. The van der Waals surface area contributed by atoms with Crippen molar-refractivity contribution in [2.24, 2.45) is 0 Å². The van der Waals surface area contributed by atoms with Gasteiger partial charge in [0.2, 0.25) is 0 Å². The minimum Gasteiger partial charge on any atom is -0.466 e. The van der Waals surface area contributed by atoms with Gasteiger partial charge in [0.1, 0.15) is 0 Å². The lowest BCUT2D eigenvalue weighted by molar-refractivity contribution is -0.136. The van der Waals surface area contributed by atoms with Crippen molar-refractivity contribution in [2.45, 2.75) is 51.0 Å². The van der Waals surface area contributed by atoms with Crippen molar-refractivity contribution in [1.82, 2.24) is 15.1 Å². The first-order valence-corrected chi connectivity index (χ1v) is 10.3. The Morgan fingerprint density at radius 2 is 1.83 bits per heavy atom. The van der Waals surface area contributed by atoms with Crippen LogP contribution in [0, 0.1) is 0 Å². The molecule has 2 amide bonds. The number of carbonyl (C=O) groups excluding carboxylic acids is 2. The van der Waals surface area contributed by atoms with Crippen molar-refractivity contribution in [3.63, 3.8) is 0 Å². The number of urea groups is 1. The van der Waals surface area contributed by atoms with Crippen LogP contribution in [0.2, 0.25) is 0 Å². The number of ether oxygens (including phenoxy) is 2. The maximum Gasteiger partial charge on any atom is 0.338 e. The van der Waals surface area contributed by atoms with Gasteiger partial charge in [-0.1, -0.05) is 30.3 Å². The number of benzene rings is 1. The average molecular weight is 399 g/mol. The topological polar surface area (TPSA) is 71.1 Å². The number of amides is 2. The van der Waals surface area contributed by atoms with Crippen molar-refractivity contribution < 1.29 is 19.1 Å². The molecule has 1 N–H and O–H groups in total. The second-order valence-electron chi connectivity index (χ2n) is 8.20. The van der Waals surface area contributed by atoms with E-state index in [0.29, 0.717) is 12.1 Å². The molecular formula is C22H29N3O4. The Morgan fingerprint density at radius 1 is 1.17 bits per heavy atom. The minimum atomic E-state index is -0.517. The number of hydrogen-bond donors (Lipinski definition) is 1. The Labute approximate surface area is 171 Å². The number of esters is 1. The zero-order valence-electron chi connectivity index (χ0n) is 17.3. The molecule has 2 aliphatic heterocycles. The number of nitrogens with zero attached hydrogens (tertiary/aromatic N) is 2. The van der Waals surface area contributed by atoms with Crippen LogP contribution < -0.4 is 5.32 Å². The molecule has 0 bridgehead atoms. The number of nitrogens with one attached hydrogen (secondary N) is 1. The zero-order chi connectivity index (χ0) is 20.5. The van der Waals surface area contributed by atoms with Crippen molar-refractivity contribution in [3.05, 3.63) is 47.2 Å². The summed E-state index contributed by atoms with van der Waals surface area (Å²) in [5.74, 6) is -0.395. The third kappa shape index (κ3) is 4.16.